The third-order valence-electron chi connectivity index (χ3n) is 3.04. The van der Waals surface area contributed by atoms with Crippen LogP contribution in [-0.2, 0) is 0 Å². The topological polar surface area (TPSA) is 21.3 Å². The van der Waals surface area contributed by atoms with Gasteiger partial charge in [0.25, 0.3) is 0 Å². The van der Waals surface area contributed by atoms with Gasteiger partial charge >= 0.3 is 0 Å². The lowest BCUT2D eigenvalue weighted by atomic mass is 9.68. The van der Waals surface area contributed by atoms with Crippen LogP contribution >= 0.6 is 0 Å². The molecular weight excluding hydrogens is 186 g/mol. The van der Waals surface area contributed by atoms with Crippen molar-refractivity contribution in [2.45, 2.75) is 32.7 Å². The largest absolute Gasteiger partial charge is 0.497 e. The minimum absolute atomic E-state index is 0.524. The first-order valence-electron chi connectivity index (χ1n) is 5.50. The van der Waals surface area contributed by atoms with E-state index in [0.29, 0.717) is 11.5 Å². The summed E-state index contributed by atoms with van der Waals surface area (Å²) in [5.41, 5.74) is 1.69. The van der Waals surface area contributed by atoms with E-state index < -0.39 is 0 Å². The first kappa shape index (κ1) is 10.3. The van der Waals surface area contributed by atoms with Crippen LogP contribution in [0.25, 0.3) is 0 Å². The minimum Gasteiger partial charge on any atom is -0.497 e. The molecule has 0 radical (unpaired) electrons. The molecule has 2 heteroatoms. The number of benzene rings is 1. The molecule has 0 atom stereocenters. The van der Waals surface area contributed by atoms with E-state index in [1.54, 1.807) is 7.11 Å². The van der Waals surface area contributed by atoms with E-state index in [2.05, 4.69) is 25.2 Å². The summed E-state index contributed by atoms with van der Waals surface area (Å²) in [7, 11) is 1.70. The second kappa shape index (κ2) is 3.76. The molecule has 2 rings (SSSR count). The highest BCUT2D eigenvalue weighted by Gasteiger charge is 2.35. The molecule has 0 aliphatic heterocycles. The number of anilines is 1. The molecular formula is C13H19NO. The summed E-state index contributed by atoms with van der Waals surface area (Å²) >= 11 is 0. The van der Waals surface area contributed by atoms with Gasteiger partial charge in [0.1, 0.15) is 5.75 Å². The number of hydrogen-bond acceptors (Lipinski definition) is 2. The van der Waals surface area contributed by atoms with E-state index >= 15 is 0 Å². The van der Waals surface area contributed by atoms with Crippen molar-refractivity contribution in [3.63, 3.8) is 0 Å². The molecule has 1 saturated carbocycles. The van der Waals surface area contributed by atoms with Crippen LogP contribution in [-0.4, -0.2) is 13.2 Å². The first-order valence-corrected chi connectivity index (χ1v) is 5.50. The van der Waals surface area contributed by atoms with Gasteiger partial charge in [0.15, 0.2) is 0 Å². The minimum atomic E-state index is 0.524. The molecule has 1 aliphatic rings. The van der Waals surface area contributed by atoms with E-state index in [1.807, 2.05) is 18.2 Å². The molecule has 0 bridgehead atoms. The van der Waals surface area contributed by atoms with Crippen LogP contribution < -0.4 is 10.1 Å². The molecule has 0 heterocycles. The van der Waals surface area contributed by atoms with Gasteiger partial charge in [0.2, 0.25) is 0 Å². The van der Waals surface area contributed by atoms with Crippen LogP contribution in [0.1, 0.15) is 26.7 Å². The van der Waals surface area contributed by atoms with Gasteiger partial charge in [-0.1, -0.05) is 19.9 Å². The molecule has 15 heavy (non-hydrogen) atoms. The van der Waals surface area contributed by atoms with Crippen molar-refractivity contribution in [2.75, 3.05) is 12.4 Å². The highest BCUT2D eigenvalue weighted by molar-refractivity contribution is 5.49. The average Bonchev–Trinajstić information content (AvgIpc) is 2.15. The lowest BCUT2D eigenvalue weighted by molar-refractivity contribution is 0.167. The zero-order chi connectivity index (χ0) is 10.9. The van der Waals surface area contributed by atoms with Crippen molar-refractivity contribution in [2.24, 2.45) is 5.41 Å². The van der Waals surface area contributed by atoms with E-state index in [-0.39, 0.29) is 0 Å². The highest BCUT2D eigenvalue weighted by Crippen LogP contribution is 2.41. The monoisotopic (exact) mass is 205 g/mol. The van der Waals surface area contributed by atoms with Crippen LogP contribution in [0.5, 0.6) is 5.75 Å². The average molecular weight is 205 g/mol. The third kappa shape index (κ3) is 2.44. The molecule has 1 N–H and O–H groups in total. The van der Waals surface area contributed by atoms with Crippen LogP contribution in [0.4, 0.5) is 5.69 Å². The number of methoxy groups -OCH3 is 1. The second-order valence-electron chi connectivity index (χ2n) is 5.15. The number of nitrogens with one attached hydrogen (secondary N) is 1. The Kier molecular flexibility index (Phi) is 2.59. The Bertz CT molecular complexity index is 338. The van der Waals surface area contributed by atoms with E-state index in [4.69, 9.17) is 4.74 Å². The normalized spacial score (nSPS) is 19.4. The van der Waals surface area contributed by atoms with Gasteiger partial charge in [-0.2, -0.15) is 0 Å². The first-order chi connectivity index (χ1) is 7.09. The maximum absolute atomic E-state index is 5.19. The predicted molar refractivity (Wildman–Crippen MR) is 63.4 cm³/mol. The van der Waals surface area contributed by atoms with Crippen LogP contribution in [0.3, 0.4) is 0 Å². The van der Waals surface area contributed by atoms with Crippen LogP contribution in [0, 0.1) is 5.41 Å². The molecule has 1 aromatic carbocycles. The Labute approximate surface area is 91.6 Å². The fourth-order valence-corrected chi connectivity index (χ4v) is 2.32. The van der Waals surface area contributed by atoms with E-state index in [9.17, 15) is 0 Å². The summed E-state index contributed by atoms with van der Waals surface area (Å²) in [6, 6.07) is 8.76. The number of rotatable bonds is 3. The molecule has 82 valence electrons. The molecule has 2 nitrogen and oxygen atoms in total. The maximum Gasteiger partial charge on any atom is 0.120 e. The molecule has 0 saturated heterocycles. The summed E-state index contributed by atoms with van der Waals surface area (Å²) in [5.74, 6) is 0.915. The lowest BCUT2D eigenvalue weighted by Gasteiger charge is -2.43. The van der Waals surface area contributed by atoms with Crippen molar-refractivity contribution in [3.05, 3.63) is 24.3 Å². The Morgan fingerprint density at radius 1 is 1.33 bits per heavy atom. The van der Waals surface area contributed by atoms with Crippen molar-refractivity contribution < 1.29 is 4.74 Å². The van der Waals surface area contributed by atoms with Crippen molar-refractivity contribution in [1.82, 2.24) is 0 Å². The fraction of sp³-hybridized carbons (Fsp3) is 0.538. The summed E-state index contributed by atoms with van der Waals surface area (Å²) in [6.45, 7) is 4.63. The number of hydrogen-bond donors (Lipinski definition) is 1. The van der Waals surface area contributed by atoms with Crippen molar-refractivity contribution in [1.29, 1.82) is 0 Å². The summed E-state index contributed by atoms with van der Waals surface area (Å²) in [6.07, 6.45) is 2.51. The molecule has 0 spiro atoms. The van der Waals surface area contributed by atoms with E-state index in [1.165, 1.54) is 12.8 Å². The number of ether oxygens (including phenoxy) is 1. The highest BCUT2D eigenvalue weighted by atomic mass is 16.5. The maximum atomic E-state index is 5.19. The Morgan fingerprint density at radius 3 is 2.67 bits per heavy atom. The van der Waals surface area contributed by atoms with Crippen LogP contribution in [0.2, 0.25) is 0 Å². The zero-order valence-electron chi connectivity index (χ0n) is 9.71. The van der Waals surface area contributed by atoms with Gasteiger partial charge in [-0.15, -0.1) is 0 Å². The zero-order valence-corrected chi connectivity index (χ0v) is 9.71. The summed E-state index contributed by atoms with van der Waals surface area (Å²) in [4.78, 5) is 0. The van der Waals surface area contributed by atoms with Crippen molar-refractivity contribution in [3.8, 4) is 5.75 Å². The smallest absolute Gasteiger partial charge is 0.120 e. The molecule has 0 amide bonds. The molecule has 0 aromatic heterocycles. The van der Waals surface area contributed by atoms with Crippen LogP contribution in [0.15, 0.2) is 24.3 Å². The van der Waals surface area contributed by atoms with E-state index in [0.717, 1.165) is 11.4 Å². The van der Waals surface area contributed by atoms with Crippen molar-refractivity contribution >= 4 is 5.69 Å². The summed E-state index contributed by atoms with van der Waals surface area (Å²) in [5, 5.41) is 3.53. The predicted octanol–water partition coefficient (Wildman–Crippen LogP) is 3.30. The van der Waals surface area contributed by atoms with Gasteiger partial charge in [-0.3, -0.25) is 0 Å². The van der Waals surface area contributed by atoms with Gasteiger partial charge in [0, 0.05) is 17.8 Å². The van der Waals surface area contributed by atoms with Gasteiger partial charge in [0.05, 0.1) is 7.11 Å². The molecule has 1 fully saturated rings. The van der Waals surface area contributed by atoms with Gasteiger partial charge in [-0.05, 0) is 30.4 Å². The van der Waals surface area contributed by atoms with Gasteiger partial charge < -0.3 is 10.1 Å². The Balaban J connectivity index is 1.94. The fourth-order valence-electron chi connectivity index (χ4n) is 2.32. The Morgan fingerprint density at radius 2 is 2.07 bits per heavy atom. The standard InChI is InChI=1S/C13H19NO/c1-13(2)8-11(9-13)14-10-5-4-6-12(7-10)15-3/h4-7,11,14H,8-9H2,1-3H3. The third-order valence-corrected chi connectivity index (χ3v) is 3.04. The SMILES string of the molecule is COc1cccc(NC2CC(C)(C)C2)c1. The Hall–Kier alpha value is -1.18. The van der Waals surface area contributed by atoms with Gasteiger partial charge in [-0.25, -0.2) is 0 Å². The summed E-state index contributed by atoms with van der Waals surface area (Å²) < 4.78 is 5.19. The lowest BCUT2D eigenvalue weighted by Crippen LogP contribution is -2.41. The molecule has 0 unspecified atom stereocenters. The molecule has 1 aliphatic carbocycles. The quantitative estimate of drug-likeness (QED) is 0.817. The second-order valence-corrected chi connectivity index (χ2v) is 5.15. The molecule has 1 aromatic rings.